The lowest BCUT2D eigenvalue weighted by atomic mass is 10.2. The Morgan fingerprint density at radius 1 is 1.00 bits per heavy atom. The lowest BCUT2D eigenvalue weighted by Crippen LogP contribution is -1.77. The van der Waals surface area contributed by atoms with Crippen LogP contribution in [0.25, 0.3) is 21.9 Å². The van der Waals surface area contributed by atoms with Crippen molar-refractivity contribution in [2.24, 2.45) is 0 Å². The summed E-state index contributed by atoms with van der Waals surface area (Å²) in [6, 6.07) is 3.92. The molecule has 3 aromatic rings. The van der Waals surface area contributed by atoms with Gasteiger partial charge in [-0.3, -0.25) is 0 Å². The maximum absolute atomic E-state index is 4.26. The van der Waals surface area contributed by atoms with E-state index in [1.165, 1.54) is 0 Å². The lowest BCUT2D eigenvalue weighted by Gasteiger charge is -1.94. The third kappa shape index (κ3) is 0.922. The van der Waals surface area contributed by atoms with Crippen molar-refractivity contribution in [2.45, 2.75) is 0 Å². The highest BCUT2D eigenvalue weighted by atomic mass is 32.1. The van der Waals surface area contributed by atoms with Gasteiger partial charge in [0.1, 0.15) is 11.8 Å². The molecule has 62 valence electrons. The van der Waals surface area contributed by atoms with Crippen molar-refractivity contribution in [1.29, 1.82) is 0 Å². The van der Waals surface area contributed by atoms with Gasteiger partial charge in [-0.25, -0.2) is 15.0 Å². The van der Waals surface area contributed by atoms with Crippen LogP contribution in [0.2, 0.25) is 0 Å². The summed E-state index contributed by atoms with van der Waals surface area (Å²) < 4.78 is 0. The zero-order valence-electron chi connectivity index (χ0n) is 6.64. The molecule has 2 heterocycles. The van der Waals surface area contributed by atoms with Crippen molar-refractivity contribution < 1.29 is 0 Å². The molecule has 0 N–H and O–H groups in total. The van der Waals surface area contributed by atoms with Crippen molar-refractivity contribution in [2.75, 3.05) is 0 Å². The van der Waals surface area contributed by atoms with Gasteiger partial charge in [0, 0.05) is 10.8 Å². The second-order valence-electron chi connectivity index (χ2n) is 2.73. The van der Waals surface area contributed by atoms with Crippen LogP contribution < -0.4 is 0 Å². The summed E-state index contributed by atoms with van der Waals surface area (Å²) in [6.07, 6.45) is 1.59. The number of nitrogens with zero attached hydrogens (tertiary/aromatic N) is 3. The van der Waals surface area contributed by atoms with E-state index in [0.29, 0.717) is 0 Å². The molecule has 0 aliphatic heterocycles. The molecule has 0 saturated carbocycles. The van der Waals surface area contributed by atoms with Crippen molar-refractivity contribution in [3.63, 3.8) is 0 Å². The molecule has 0 aliphatic carbocycles. The highest BCUT2D eigenvalue weighted by Crippen LogP contribution is 2.21. The number of aromatic nitrogens is 3. The maximum Gasteiger partial charge on any atom is 0.116 e. The molecule has 0 spiro atoms. The molecule has 4 heteroatoms. The summed E-state index contributed by atoms with van der Waals surface area (Å²) in [5.74, 6) is 0. The lowest BCUT2D eigenvalue weighted by molar-refractivity contribution is 1.35. The predicted octanol–water partition coefficient (Wildman–Crippen LogP) is 2.24. The second kappa shape index (κ2) is 2.47. The van der Waals surface area contributed by atoms with Gasteiger partial charge in [-0.1, -0.05) is 0 Å². The maximum atomic E-state index is 4.26. The standard InChI is InChI=1S/C9H5N3S/c1-2-8-9(11-4-10-8)6-3-13-5-12-7(1)6/h1-5H. The van der Waals surface area contributed by atoms with E-state index < -0.39 is 0 Å². The largest absolute Gasteiger partial charge is 0.245 e. The van der Waals surface area contributed by atoms with Gasteiger partial charge in [0.15, 0.2) is 0 Å². The zero-order chi connectivity index (χ0) is 8.67. The minimum Gasteiger partial charge on any atom is -0.245 e. The molecule has 0 radical (unpaired) electrons. The Morgan fingerprint density at radius 3 is 2.92 bits per heavy atom. The summed E-state index contributed by atoms with van der Waals surface area (Å²) >= 11 is 1.57. The fraction of sp³-hybridized carbons (Fsp3) is 0. The molecular formula is C9H5N3S. The molecule has 0 amide bonds. The van der Waals surface area contributed by atoms with Gasteiger partial charge in [0.05, 0.1) is 16.5 Å². The summed E-state index contributed by atoms with van der Waals surface area (Å²) in [5, 5.41) is 3.14. The molecule has 3 rings (SSSR count). The molecular weight excluding hydrogens is 182 g/mol. The number of rotatable bonds is 0. The SMILES string of the molecule is c1nc2ccc3ncscc3c2n1. The normalized spacial score (nSPS) is 11.1. The fourth-order valence-corrected chi connectivity index (χ4v) is 1.99. The van der Waals surface area contributed by atoms with E-state index in [2.05, 4.69) is 20.3 Å². The van der Waals surface area contributed by atoms with Crippen molar-refractivity contribution in [3.8, 4) is 0 Å². The molecule has 0 saturated heterocycles. The zero-order valence-corrected chi connectivity index (χ0v) is 7.45. The van der Waals surface area contributed by atoms with Gasteiger partial charge >= 0.3 is 0 Å². The third-order valence-electron chi connectivity index (χ3n) is 1.99. The first-order chi connectivity index (χ1) is 6.45. The Labute approximate surface area is 78.1 Å². The first-order valence-electron chi connectivity index (χ1n) is 3.87. The van der Waals surface area contributed by atoms with Crippen LogP contribution in [0.15, 0.2) is 29.4 Å². The van der Waals surface area contributed by atoms with Gasteiger partial charge in [0.25, 0.3) is 0 Å². The number of hydrogen-bond acceptors (Lipinski definition) is 4. The molecule has 1 aromatic carbocycles. The van der Waals surface area contributed by atoms with E-state index in [9.17, 15) is 0 Å². The Morgan fingerprint density at radius 2 is 1.92 bits per heavy atom. The topological polar surface area (TPSA) is 38.7 Å². The van der Waals surface area contributed by atoms with Crippen molar-refractivity contribution in [1.82, 2.24) is 15.0 Å². The van der Waals surface area contributed by atoms with E-state index in [1.807, 2.05) is 17.6 Å². The molecule has 0 unspecified atom stereocenters. The molecule has 0 bridgehead atoms. The van der Waals surface area contributed by atoms with Crippen LogP contribution in [-0.4, -0.2) is 15.0 Å². The Balaban J connectivity index is 2.65. The van der Waals surface area contributed by atoms with E-state index in [-0.39, 0.29) is 0 Å². The first kappa shape index (κ1) is 6.91. The van der Waals surface area contributed by atoms with Gasteiger partial charge in [-0.05, 0) is 12.1 Å². The Hall–Kier alpha value is -1.55. The van der Waals surface area contributed by atoms with Crippen LogP contribution in [0, 0.1) is 0 Å². The van der Waals surface area contributed by atoms with Crippen LogP contribution >= 0.6 is 11.3 Å². The van der Waals surface area contributed by atoms with E-state index in [4.69, 9.17) is 0 Å². The molecule has 3 nitrogen and oxygen atoms in total. The number of imidazole rings is 1. The summed E-state index contributed by atoms with van der Waals surface area (Å²) in [5.41, 5.74) is 4.69. The minimum absolute atomic E-state index is 0.938. The second-order valence-corrected chi connectivity index (χ2v) is 3.45. The highest BCUT2D eigenvalue weighted by Gasteiger charge is 2.02. The quantitative estimate of drug-likeness (QED) is 0.541. The number of benzene rings is 1. The molecule has 0 aliphatic rings. The average molecular weight is 187 g/mol. The first-order valence-corrected chi connectivity index (χ1v) is 4.81. The van der Waals surface area contributed by atoms with Crippen LogP contribution in [0.1, 0.15) is 0 Å². The molecule has 0 fully saturated rings. The smallest absolute Gasteiger partial charge is 0.116 e. The average Bonchev–Trinajstić information content (AvgIpc) is 2.65. The van der Waals surface area contributed by atoms with Crippen molar-refractivity contribution in [3.05, 3.63) is 29.4 Å². The number of hydrogen-bond donors (Lipinski definition) is 0. The van der Waals surface area contributed by atoms with E-state index in [0.717, 1.165) is 21.9 Å². The van der Waals surface area contributed by atoms with Gasteiger partial charge < -0.3 is 0 Å². The van der Waals surface area contributed by atoms with Gasteiger partial charge in [0.2, 0.25) is 0 Å². The Kier molecular flexibility index (Phi) is 1.31. The Bertz CT molecular complexity index is 573. The van der Waals surface area contributed by atoms with Gasteiger partial charge in [-0.15, -0.1) is 11.3 Å². The van der Waals surface area contributed by atoms with Crippen LogP contribution in [0.4, 0.5) is 0 Å². The van der Waals surface area contributed by atoms with E-state index >= 15 is 0 Å². The molecule has 2 aromatic heterocycles. The van der Waals surface area contributed by atoms with Crippen LogP contribution in [-0.2, 0) is 0 Å². The summed E-state index contributed by atoms with van der Waals surface area (Å²) in [6.45, 7) is 0. The third-order valence-corrected chi connectivity index (χ3v) is 2.59. The highest BCUT2D eigenvalue weighted by molar-refractivity contribution is 7.08. The van der Waals surface area contributed by atoms with Gasteiger partial charge in [-0.2, -0.15) is 0 Å². The van der Waals surface area contributed by atoms with Crippen LogP contribution in [0.5, 0.6) is 0 Å². The summed E-state index contributed by atoms with van der Waals surface area (Å²) in [4.78, 5) is 12.6. The molecule has 0 atom stereocenters. The van der Waals surface area contributed by atoms with Crippen molar-refractivity contribution >= 4 is 33.3 Å². The fourth-order valence-electron chi connectivity index (χ4n) is 1.39. The monoisotopic (exact) mass is 187 g/mol. The van der Waals surface area contributed by atoms with E-state index in [1.54, 1.807) is 17.7 Å². The predicted molar refractivity (Wildman–Crippen MR) is 52.7 cm³/mol. The summed E-state index contributed by atoms with van der Waals surface area (Å²) in [7, 11) is 0. The van der Waals surface area contributed by atoms with Crippen LogP contribution in [0.3, 0.4) is 0 Å². The molecule has 13 heavy (non-hydrogen) atoms. The minimum atomic E-state index is 0.938. The number of fused-ring (bicyclic) bond motifs is 3.